The van der Waals surface area contributed by atoms with Gasteiger partial charge >= 0.3 is 0 Å². The number of likely N-dealkylation sites (tertiary alicyclic amines) is 1. The summed E-state index contributed by atoms with van der Waals surface area (Å²) in [6.07, 6.45) is 4.02. The molecule has 1 aliphatic carbocycles. The third-order valence-electron chi connectivity index (χ3n) is 4.86. The molecular weight excluding hydrogens is 248 g/mol. The Morgan fingerprint density at radius 2 is 2.15 bits per heavy atom. The molecule has 0 aromatic carbocycles. The molecule has 20 heavy (non-hydrogen) atoms. The predicted molar refractivity (Wildman–Crippen MR) is 81.5 cm³/mol. The van der Waals surface area contributed by atoms with Crippen LogP contribution in [-0.4, -0.2) is 24.0 Å². The van der Waals surface area contributed by atoms with Gasteiger partial charge in [0.15, 0.2) is 0 Å². The largest absolute Gasteiger partial charge is 0.465 e. The lowest BCUT2D eigenvalue weighted by atomic mass is 9.95. The van der Waals surface area contributed by atoms with Crippen LogP contribution in [0.5, 0.6) is 0 Å². The Morgan fingerprint density at radius 3 is 2.80 bits per heavy atom. The maximum atomic E-state index is 5.94. The zero-order valence-electron chi connectivity index (χ0n) is 13.1. The first kappa shape index (κ1) is 14.2. The Labute approximate surface area is 122 Å². The SMILES string of the molecule is Cc1oc(CN2CCC(C(C)C)C2)cc1CNC1CC1. The summed E-state index contributed by atoms with van der Waals surface area (Å²) in [6, 6.07) is 3.02. The molecule has 0 spiro atoms. The molecule has 1 aliphatic heterocycles. The number of rotatable bonds is 6. The molecule has 3 nitrogen and oxygen atoms in total. The lowest BCUT2D eigenvalue weighted by Crippen LogP contribution is -2.21. The predicted octanol–water partition coefficient (Wildman–Crippen LogP) is 3.32. The van der Waals surface area contributed by atoms with Crippen molar-refractivity contribution in [1.29, 1.82) is 0 Å². The Hall–Kier alpha value is -0.800. The van der Waals surface area contributed by atoms with Gasteiger partial charge in [-0.05, 0) is 50.6 Å². The third-order valence-corrected chi connectivity index (χ3v) is 4.86. The molecule has 1 aromatic heterocycles. The smallest absolute Gasteiger partial charge is 0.118 e. The molecule has 3 heteroatoms. The van der Waals surface area contributed by atoms with E-state index in [0.29, 0.717) is 0 Å². The summed E-state index contributed by atoms with van der Waals surface area (Å²) in [5.41, 5.74) is 1.34. The molecule has 2 aliphatic rings. The first-order chi connectivity index (χ1) is 9.61. The first-order valence-electron chi connectivity index (χ1n) is 8.15. The molecule has 1 atom stereocenters. The van der Waals surface area contributed by atoms with Crippen LogP contribution in [0.25, 0.3) is 0 Å². The number of nitrogens with one attached hydrogen (secondary N) is 1. The minimum atomic E-state index is 0.762. The van der Waals surface area contributed by atoms with Gasteiger partial charge in [0.1, 0.15) is 11.5 Å². The summed E-state index contributed by atoms with van der Waals surface area (Å²) in [7, 11) is 0. The molecule has 0 amide bonds. The summed E-state index contributed by atoms with van der Waals surface area (Å²) in [4.78, 5) is 2.54. The average Bonchev–Trinajstić information content (AvgIpc) is 3.00. The highest BCUT2D eigenvalue weighted by Gasteiger charge is 2.26. The van der Waals surface area contributed by atoms with Gasteiger partial charge in [0, 0.05) is 24.7 Å². The average molecular weight is 276 g/mol. The monoisotopic (exact) mass is 276 g/mol. The molecule has 3 rings (SSSR count). The fraction of sp³-hybridized carbons (Fsp3) is 0.765. The van der Waals surface area contributed by atoms with Gasteiger partial charge < -0.3 is 9.73 Å². The maximum absolute atomic E-state index is 5.94. The van der Waals surface area contributed by atoms with Gasteiger partial charge in [-0.15, -0.1) is 0 Å². The quantitative estimate of drug-likeness (QED) is 0.864. The number of hydrogen-bond acceptors (Lipinski definition) is 3. The molecule has 1 saturated heterocycles. The highest BCUT2D eigenvalue weighted by Crippen LogP contribution is 2.26. The van der Waals surface area contributed by atoms with E-state index in [9.17, 15) is 0 Å². The van der Waals surface area contributed by atoms with Gasteiger partial charge in [0.25, 0.3) is 0 Å². The van der Waals surface area contributed by atoms with Crippen LogP contribution in [0, 0.1) is 18.8 Å². The van der Waals surface area contributed by atoms with E-state index in [-0.39, 0.29) is 0 Å². The summed E-state index contributed by atoms with van der Waals surface area (Å²) >= 11 is 0. The number of nitrogens with zero attached hydrogens (tertiary/aromatic N) is 1. The second-order valence-electron chi connectivity index (χ2n) is 6.98. The van der Waals surface area contributed by atoms with Crippen molar-refractivity contribution in [3.8, 4) is 0 Å². The molecule has 2 fully saturated rings. The van der Waals surface area contributed by atoms with E-state index in [2.05, 4.69) is 37.1 Å². The van der Waals surface area contributed by atoms with E-state index in [1.807, 2.05) is 0 Å². The standard InChI is InChI=1S/C17H28N2O/c1-12(2)14-6-7-19(10-14)11-17-8-15(13(3)20-17)9-18-16-4-5-16/h8,12,14,16,18H,4-7,9-11H2,1-3H3. The summed E-state index contributed by atoms with van der Waals surface area (Å²) in [5, 5.41) is 3.57. The van der Waals surface area contributed by atoms with Crippen LogP contribution in [0.1, 0.15) is 50.2 Å². The van der Waals surface area contributed by atoms with Crippen LogP contribution < -0.4 is 5.32 Å². The summed E-state index contributed by atoms with van der Waals surface area (Å²) < 4.78 is 5.94. The summed E-state index contributed by atoms with van der Waals surface area (Å²) in [5.74, 6) is 3.89. The summed E-state index contributed by atoms with van der Waals surface area (Å²) in [6.45, 7) is 11.2. The van der Waals surface area contributed by atoms with Crippen LogP contribution in [-0.2, 0) is 13.1 Å². The van der Waals surface area contributed by atoms with Crippen molar-refractivity contribution in [1.82, 2.24) is 10.2 Å². The van der Waals surface area contributed by atoms with E-state index >= 15 is 0 Å². The Kier molecular flexibility index (Phi) is 4.18. The number of hydrogen-bond donors (Lipinski definition) is 1. The molecule has 0 bridgehead atoms. The van der Waals surface area contributed by atoms with Gasteiger partial charge in [-0.1, -0.05) is 13.8 Å². The van der Waals surface area contributed by atoms with E-state index < -0.39 is 0 Å². The molecule has 1 N–H and O–H groups in total. The fourth-order valence-corrected chi connectivity index (χ4v) is 3.15. The molecule has 1 unspecified atom stereocenters. The minimum Gasteiger partial charge on any atom is -0.465 e. The lowest BCUT2D eigenvalue weighted by Gasteiger charge is -2.16. The second-order valence-corrected chi connectivity index (χ2v) is 6.98. The van der Waals surface area contributed by atoms with Gasteiger partial charge in [-0.3, -0.25) is 4.90 Å². The van der Waals surface area contributed by atoms with Crippen LogP contribution >= 0.6 is 0 Å². The maximum Gasteiger partial charge on any atom is 0.118 e. The van der Waals surface area contributed by atoms with E-state index in [4.69, 9.17) is 4.42 Å². The first-order valence-corrected chi connectivity index (χ1v) is 8.15. The molecular formula is C17H28N2O. The van der Waals surface area contributed by atoms with Gasteiger partial charge in [0.05, 0.1) is 6.54 Å². The fourth-order valence-electron chi connectivity index (χ4n) is 3.15. The van der Waals surface area contributed by atoms with Crippen molar-refractivity contribution in [2.24, 2.45) is 11.8 Å². The van der Waals surface area contributed by atoms with Crippen molar-refractivity contribution in [3.63, 3.8) is 0 Å². The molecule has 1 aromatic rings. The van der Waals surface area contributed by atoms with Crippen molar-refractivity contribution >= 4 is 0 Å². The topological polar surface area (TPSA) is 28.4 Å². The van der Waals surface area contributed by atoms with Crippen molar-refractivity contribution in [2.75, 3.05) is 13.1 Å². The molecule has 0 radical (unpaired) electrons. The zero-order chi connectivity index (χ0) is 14.1. The number of aryl methyl sites for hydroxylation is 1. The van der Waals surface area contributed by atoms with Crippen LogP contribution in [0.15, 0.2) is 10.5 Å². The van der Waals surface area contributed by atoms with Crippen LogP contribution in [0.4, 0.5) is 0 Å². The van der Waals surface area contributed by atoms with Gasteiger partial charge in [-0.2, -0.15) is 0 Å². The molecule has 2 heterocycles. The van der Waals surface area contributed by atoms with E-state index in [0.717, 1.165) is 42.5 Å². The van der Waals surface area contributed by atoms with Crippen molar-refractivity contribution in [3.05, 3.63) is 23.2 Å². The highest BCUT2D eigenvalue weighted by atomic mass is 16.3. The Bertz CT molecular complexity index is 448. The molecule has 112 valence electrons. The van der Waals surface area contributed by atoms with Crippen LogP contribution in [0.2, 0.25) is 0 Å². The van der Waals surface area contributed by atoms with Crippen molar-refractivity contribution < 1.29 is 4.42 Å². The van der Waals surface area contributed by atoms with Crippen LogP contribution in [0.3, 0.4) is 0 Å². The normalized spacial score (nSPS) is 23.9. The minimum absolute atomic E-state index is 0.762. The zero-order valence-corrected chi connectivity index (χ0v) is 13.1. The Morgan fingerprint density at radius 1 is 1.35 bits per heavy atom. The van der Waals surface area contributed by atoms with E-state index in [1.165, 1.54) is 37.9 Å². The Balaban J connectivity index is 1.53. The number of furan rings is 1. The highest BCUT2D eigenvalue weighted by molar-refractivity contribution is 5.21. The molecule has 1 saturated carbocycles. The van der Waals surface area contributed by atoms with Gasteiger partial charge in [0.2, 0.25) is 0 Å². The van der Waals surface area contributed by atoms with E-state index in [1.54, 1.807) is 0 Å². The lowest BCUT2D eigenvalue weighted by molar-refractivity contribution is 0.271. The van der Waals surface area contributed by atoms with Crippen molar-refractivity contribution in [2.45, 2.75) is 59.2 Å². The van der Waals surface area contributed by atoms with Gasteiger partial charge in [-0.25, -0.2) is 0 Å². The second kappa shape index (κ2) is 5.90. The third kappa shape index (κ3) is 3.44.